The molecule has 0 aromatic carbocycles. The van der Waals surface area contributed by atoms with Gasteiger partial charge in [-0.3, -0.25) is 4.79 Å². The van der Waals surface area contributed by atoms with Crippen molar-refractivity contribution in [3.05, 3.63) is 0 Å². The molecule has 2 nitrogen and oxygen atoms in total. The molecule has 6 atom stereocenters. The zero-order chi connectivity index (χ0) is 15.8. The molecule has 4 saturated carbocycles. The lowest BCUT2D eigenvalue weighted by molar-refractivity contribution is -0.165. The number of Topliss-reactive ketones (excluding diaryl/α,β-unsaturated/α-hetero) is 1. The Balaban J connectivity index is 1.71. The topological polar surface area (TPSA) is 37.3 Å². The van der Waals surface area contributed by atoms with Gasteiger partial charge < -0.3 is 5.11 Å². The van der Waals surface area contributed by atoms with Gasteiger partial charge in [0.05, 0.1) is 0 Å². The minimum Gasteiger partial charge on any atom is -0.396 e. The van der Waals surface area contributed by atoms with E-state index >= 15 is 0 Å². The van der Waals surface area contributed by atoms with E-state index in [1.165, 1.54) is 38.5 Å². The summed E-state index contributed by atoms with van der Waals surface area (Å²) in [7, 11) is 0. The van der Waals surface area contributed by atoms with E-state index in [9.17, 15) is 9.90 Å². The molecule has 0 radical (unpaired) electrons. The molecule has 4 fully saturated rings. The van der Waals surface area contributed by atoms with Gasteiger partial charge in [-0.05, 0) is 79.4 Å². The molecule has 0 aromatic rings. The van der Waals surface area contributed by atoms with E-state index in [0.29, 0.717) is 35.1 Å². The molecule has 0 heterocycles. The van der Waals surface area contributed by atoms with Crippen molar-refractivity contribution in [1.29, 1.82) is 0 Å². The maximum absolute atomic E-state index is 12.5. The van der Waals surface area contributed by atoms with Crippen LogP contribution < -0.4 is 0 Å². The molecule has 0 aromatic heterocycles. The lowest BCUT2D eigenvalue weighted by Crippen LogP contribution is -2.58. The Morgan fingerprint density at radius 3 is 2.55 bits per heavy atom. The Hall–Kier alpha value is -0.370. The van der Waals surface area contributed by atoms with E-state index in [-0.39, 0.29) is 5.41 Å². The van der Waals surface area contributed by atoms with Crippen LogP contribution in [0.15, 0.2) is 0 Å². The number of carbonyl (C=O) groups is 1. The summed E-state index contributed by atoms with van der Waals surface area (Å²) in [5, 5.41) is 9.77. The molecule has 4 rings (SSSR count). The molecule has 124 valence electrons. The first-order valence-electron chi connectivity index (χ1n) is 9.48. The van der Waals surface area contributed by atoms with E-state index < -0.39 is 0 Å². The van der Waals surface area contributed by atoms with Gasteiger partial charge in [-0.15, -0.1) is 0 Å². The first-order chi connectivity index (χ1) is 10.3. The normalized spacial score (nSPS) is 53.0. The Morgan fingerprint density at radius 2 is 1.82 bits per heavy atom. The first-order valence-corrected chi connectivity index (χ1v) is 9.48. The minimum absolute atomic E-state index is 0.125. The van der Waals surface area contributed by atoms with Gasteiger partial charge in [0.25, 0.3) is 0 Å². The number of hydrogen-bond acceptors (Lipinski definition) is 2. The molecule has 0 saturated heterocycles. The van der Waals surface area contributed by atoms with E-state index in [4.69, 9.17) is 0 Å². The standard InChI is InChI=1S/C20H32O2/c1-18(2)15-6-9-20-10-13(14(11-20)12-21)4-5-16(20)19(15,3)8-7-17(18)22/h13-16,21H,4-12H2,1-3H3/t13-,14+,15-,16+,19-,20+/m0/s1. The highest BCUT2D eigenvalue weighted by atomic mass is 16.3. The Labute approximate surface area is 135 Å². The van der Waals surface area contributed by atoms with Crippen LogP contribution >= 0.6 is 0 Å². The van der Waals surface area contributed by atoms with Gasteiger partial charge in [-0.2, -0.15) is 0 Å². The largest absolute Gasteiger partial charge is 0.396 e. The number of aliphatic hydroxyl groups is 1. The maximum atomic E-state index is 12.5. The monoisotopic (exact) mass is 304 g/mol. The van der Waals surface area contributed by atoms with Crippen LogP contribution in [0.25, 0.3) is 0 Å². The van der Waals surface area contributed by atoms with Crippen molar-refractivity contribution < 1.29 is 9.90 Å². The molecular weight excluding hydrogens is 272 g/mol. The van der Waals surface area contributed by atoms with Crippen molar-refractivity contribution in [2.24, 2.45) is 39.9 Å². The molecule has 1 spiro atoms. The second kappa shape index (κ2) is 4.59. The van der Waals surface area contributed by atoms with Crippen molar-refractivity contribution >= 4 is 5.78 Å². The van der Waals surface area contributed by atoms with E-state index in [1.807, 2.05) is 0 Å². The van der Waals surface area contributed by atoms with Crippen LogP contribution in [0.3, 0.4) is 0 Å². The summed E-state index contributed by atoms with van der Waals surface area (Å²) in [5.74, 6) is 3.20. The summed E-state index contributed by atoms with van der Waals surface area (Å²) in [4.78, 5) is 12.5. The molecule has 0 amide bonds. The number of rotatable bonds is 1. The fraction of sp³-hybridized carbons (Fsp3) is 0.950. The molecule has 4 aliphatic carbocycles. The third kappa shape index (κ3) is 1.74. The van der Waals surface area contributed by atoms with Crippen molar-refractivity contribution in [2.45, 2.75) is 72.1 Å². The van der Waals surface area contributed by atoms with E-state index in [1.54, 1.807) is 0 Å². The summed E-state index contributed by atoms with van der Waals surface area (Å²) >= 11 is 0. The van der Waals surface area contributed by atoms with Crippen LogP contribution in [0, 0.1) is 39.9 Å². The van der Waals surface area contributed by atoms with E-state index in [2.05, 4.69) is 20.8 Å². The van der Waals surface area contributed by atoms with Gasteiger partial charge in [0, 0.05) is 18.4 Å². The first kappa shape index (κ1) is 15.2. The summed E-state index contributed by atoms with van der Waals surface area (Å²) in [6.07, 6.45) is 9.72. The van der Waals surface area contributed by atoms with Crippen molar-refractivity contribution in [1.82, 2.24) is 0 Å². The van der Waals surface area contributed by atoms with Crippen LogP contribution in [0.4, 0.5) is 0 Å². The highest BCUT2D eigenvalue weighted by Crippen LogP contribution is 2.71. The molecular formula is C20H32O2. The Morgan fingerprint density at radius 1 is 1.05 bits per heavy atom. The zero-order valence-corrected chi connectivity index (χ0v) is 14.5. The summed E-state index contributed by atoms with van der Waals surface area (Å²) in [5.41, 5.74) is 0.726. The SMILES string of the molecule is CC1(C)C(=O)CC[C@@]2(C)[C@H]1CC[C@@]13C[C@H](CO)[C@@H](CC[C@@H]12)C3. The molecule has 2 heteroatoms. The number of ketones is 1. The molecule has 22 heavy (non-hydrogen) atoms. The van der Waals surface area contributed by atoms with Crippen LogP contribution in [-0.2, 0) is 4.79 Å². The predicted molar refractivity (Wildman–Crippen MR) is 87.3 cm³/mol. The Kier molecular flexibility index (Phi) is 3.16. The molecule has 0 aliphatic heterocycles. The smallest absolute Gasteiger partial charge is 0.138 e. The third-order valence-corrected chi connectivity index (χ3v) is 8.81. The number of hydrogen-bond donors (Lipinski definition) is 1. The summed E-state index contributed by atoms with van der Waals surface area (Å²) in [6, 6.07) is 0. The molecule has 4 aliphatic rings. The average Bonchev–Trinajstić information content (AvgIpc) is 2.74. The average molecular weight is 304 g/mol. The number of carbonyl (C=O) groups excluding carboxylic acids is 1. The minimum atomic E-state index is -0.125. The quantitative estimate of drug-likeness (QED) is 0.788. The second-order valence-electron chi connectivity index (χ2n) is 9.85. The Bertz CT molecular complexity index is 496. The predicted octanol–water partition coefficient (Wildman–Crippen LogP) is 4.21. The van der Waals surface area contributed by atoms with Crippen LogP contribution in [0.5, 0.6) is 0 Å². The molecule has 0 unspecified atom stereocenters. The van der Waals surface area contributed by atoms with Crippen LogP contribution in [0.2, 0.25) is 0 Å². The van der Waals surface area contributed by atoms with Gasteiger partial charge >= 0.3 is 0 Å². The van der Waals surface area contributed by atoms with E-state index in [0.717, 1.165) is 24.7 Å². The maximum Gasteiger partial charge on any atom is 0.138 e. The van der Waals surface area contributed by atoms with Gasteiger partial charge in [0.2, 0.25) is 0 Å². The van der Waals surface area contributed by atoms with Gasteiger partial charge in [0.15, 0.2) is 0 Å². The highest BCUT2D eigenvalue weighted by Gasteiger charge is 2.65. The number of fused-ring (bicyclic) bond motifs is 3. The number of aliphatic hydroxyl groups excluding tert-OH is 1. The van der Waals surface area contributed by atoms with Gasteiger partial charge in [-0.1, -0.05) is 20.8 Å². The summed E-state index contributed by atoms with van der Waals surface area (Å²) < 4.78 is 0. The van der Waals surface area contributed by atoms with Crippen molar-refractivity contribution in [3.8, 4) is 0 Å². The molecule has 1 N–H and O–H groups in total. The fourth-order valence-electron chi connectivity index (χ4n) is 7.83. The van der Waals surface area contributed by atoms with Crippen LogP contribution in [-0.4, -0.2) is 17.5 Å². The van der Waals surface area contributed by atoms with Crippen LogP contribution in [0.1, 0.15) is 72.1 Å². The van der Waals surface area contributed by atoms with Crippen molar-refractivity contribution in [3.63, 3.8) is 0 Å². The lowest BCUT2D eigenvalue weighted by Gasteiger charge is -2.63. The van der Waals surface area contributed by atoms with Crippen molar-refractivity contribution in [2.75, 3.05) is 6.61 Å². The second-order valence-corrected chi connectivity index (χ2v) is 9.85. The lowest BCUT2D eigenvalue weighted by atomic mass is 9.41. The van der Waals surface area contributed by atoms with Gasteiger partial charge in [-0.25, -0.2) is 0 Å². The molecule has 2 bridgehead atoms. The zero-order valence-electron chi connectivity index (χ0n) is 14.5. The highest BCUT2D eigenvalue weighted by molar-refractivity contribution is 5.85. The fourth-order valence-corrected chi connectivity index (χ4v) is 7.83. The third-order valence-electron chi connectivity index (χ3n) is 8.81. The van der Waals surface area contributed by atoms with Gasteiger partial charge in [0.1, 0.15) is 5.78 Å². The summed E-state index contributed by atoms with van der Waals surface area (Å²) in [6.45, 7) is 7.34.